The molecule has 2 nitrogen and oxygen atoms in total. The van der Waals surface area contributed by atoms with Crippen LogP contribution in [0, 0.1) is 6.92 Å². The molecule has 1 unspecified atom stereocenters. The Kier molecular flexibility index (Phi) is 5.42. The Morgan fingerprint density at radius 3 is 2.38 bits per heavy atom. The average molecular weight is 390 g/mol. The molecule has 0 saturated carbocycles. The smallest absolute Gasteiger partial charge is 0.138 e. The highest BCUT2D eigenvalue weighted by Crippen LogP contribution is 2.43. The van der Waals surface area contributed by atoms with Crippen LogP contribution in [0.1, 0.15) is 22.1 Å². The van der Waals surface area contributed by atoms with Gasteiger partial charge in [-0.3, -0.25) is 0 Å². The van der Waals surface area contributed by atoms with Crippen LogP contribution >= 0.6 is 39.1 Å². The van der Waals surface area contributed by atoms with Gasteiger partial charge >= 0.3 is 0 Å². The molecule has 0 aliphatic carbocycles. The van der Waals surface area contributed by atoms with Crippen molar-refractivity contribution in [2.75, 3.05) is 14.2 Å². The largest absolute Gasteiger partial charge is 0.496 e. The monoisotopic (exact) mass is 388 g/mol. The van der Waals surface area contributed by atoms with Gasteiger partial charge in [-0.15, -0.1) is 11.6 Å². The number of ether oxygens (including phenoxy) is 2. The minimum Gasteiger partial charge on any atom is -0.496 e. The molecule has 0 spiro atoms. The normalized spacial score (nSPS) is 12.1. The van der Waals surface area contributed by atoms with E-state index in [-0.39, 0.29) is 0 Å². The maximum absolute atomic E-state index is 6.68. The molecule has 2 aromatic rings. The summed E-state index contributed by atoms with van der Waals surface area (Å²) in [6.45, 7) is 2.01. The van der Waals surface area contributed by atoms with Crippen molar-refractivity contribution in [3.63, 3.8) is 0 Å². The van der Waals surface area contributed by atoms with E-state index in [1.54, 1.807) is 20.3 Å². The lowest BCUT2D eigenvalue weighted by atomic mass is 10.0. The Bertz CT molecular complexity index is 659. The molecule has 0 heterocycles. The predicted octanol–water partition coefficient (Wildman–Crippen LogP) is 5.76. The van der Waals surface area contributed by atoms with Gasteiger partial charge in [-0.2, -0.15) is 0 Å². The summed E-state index contributed by atoms with van der Waals surface area (Å²) in [5.74, 6) is 1.40. The number of aryl methyl sites for hydroxylation is 1. The number of halogens is 3. The molecule has 0 amide bonds. The molecular weight excluding hydrogens is 375 g/mol. The second kappa shape index (κ2) is 6.91. The van der Waals surface area contributed by atoms with Crippen LogP contribution in [0.25, 0.3) is 0 Å². The van der Waals surface area contributed by atoms with Gasteiger partial charge in [0.25, 0.3) is 0 Å². The van der Waals surface area contributed by atoms with E-state index in [9.17, 15) is 0 Å². The first-order chi connectivity index (χ1) is 9.97. The molecule has 2 aromatic carbocycles. The quantitative estimate of drug-likeness (QED) is 0.619. The first kappa shape index (κ1) is 16.5. The third kappa shape index (κ3) is 3.47. The summed E-state index contributed by atoms with van der Waals surface area (Å²) in [4.78, 5) is 0. The maximum Gasteiger partial charge on any atom is 0.138 e. The minimum absolute atomic E-state index is 0.426. The molecule has 5 heteroatoms. The summed E-state index contributed by atoms with van der Waals surface area (Å²) in [5, 5.41) is 0.166. The number of alkyl halides is 1. The highest BCUT2D eigenvalue weighted by atomic mass is 79.9. The zero-order chi connectivity index (χ0) is 15.6. The van der Waals surface area contributed by atoms with Gasteiger partial charge in [0.05, 0.1) is 24.1 Å². The van der Waals surface area contributed by atoms with Crippen molar-refractivity contribution in [3.8, 4) is 11.5 Å². The van der Waals surface area contributed by atoms with Crippen LogP contribution in [0.4, 0.5) is 0 Å². The first-order valence-corrected chi connectivity index (χ1v) is 7.90. The minimum atomic E-state index is -0.426. The van der Waals surface area contributed by atoms with Gasteiger partial charge in [-0.05, 0) is 41.1 Å². The average Bonchev–Trinajstić information content (AvgIpc) is 2.45. The van der Waals surface area contributed by atoms with Crippen molar-refractivity contribution in [2.24, 2.45) is 0 Å². The highest BCUT2D eigenvalue weighted by Gasteiger charge is 2.22. The van der Waals surface area contributed by atoms with Crippen molar-refractivity contribution in [2.45, 2.75) is 12.3 Å². The van der Waals surface area contributed by atoms with Gasteiger partial charge in [0.15, 0.2) is 0 Å². The third-order valence-corrected chi connectivity index (χ3v) is 4.45. The Morgan fingerprint density at radius 1 is 1.05 bits per heavy atom. The standard InChI is InChI=1S/C16H15BrCl2O2/c1-9-4-5-14(20-2)11(6-9)15(19)12-7-10(18)8-13(17)16(12)21-3/h4-8,15H,1-3H3. The molecule has 0 aliphatic heterocycles. The first-order valence-electron chi connectivity index (χ1n) is 6.29. The topological polar surface area (TPSA) is 18.5 Å². The molecule has 0 aromatic heterocycles. The Morgan fingerprint density at radius 2 is 1.76 bits per heavy atom. The lowest BCUT2D eigenvalue weighted by molar-refractivity contribution is 0.403. The van der Waals surface area contributed by atoms with E-state index in [1.165, 1.54) is 0 Å². The number of hydrogen-bond acceptors (Lipinski definition) is 2. The van der Waals surface area contributed by atoms with Crippen LogP contribution < -0.4 is 9.47 Å². The van der Waals surface area contributed by atoms with Crippen molar-refractivity contribution >= 4 is 39.1 Å². The number of methoxy groups -OCH3 is 2. The van der Waals surface area contributed by atoms with Crippen LogP contribution in [0.2, 0.25) is 5.02 Å². The Hall–Kier alpha value is -0.900. The predicted molar refractivity (Wildman–Crippen MR) is 91.1 cm³/mol. The van der Waals surface area contributed by atoms with Crippen LogP contribution in [0.3, 0.4) is 0 Å². The van der Waals surface area contributed by atoms with E-state index < -0.39 is 5.38 Å². The molecule has 0 fully saturated rings. The summed E-state index contributed by atoms with van der Waals surface area (Å²) < 4.78 is 11.6. The molecule has 0 N–H and O–H groups in total. The molecule has 0 saturated heterocycles. The molecule has 0 aliphatic rings. The van der Waals surface area contributed by atoms with Gasteiger partial charge in [0.1, 0.15) is 11.5 Å². The second-order valence-corrected chi connectivity index (χ2v) is 6.35. The second-order valence-electron chi connectivity index (χ2n) is 4.62. The fraction of sp³-hybridized carbons (Fsp3) is 0.250. The molecule has 1 atom stereocenters. The molecule has 2 rings (SSSR count). The van der Waals surface area contributed by atoms with Gasteiger partial charge in [0, 0.05) is 16.1 Å². The van der Waals surface area contributed by atoms with Gasteiger partial charge < -0.3 is 9.47 Å². The fourth-order valence-electron chi connectivity index (χ4n) is 2.20. The molecule has 0 bridgehead atoms. The van der Waals surface area contributed by atoms with Gasteiger partial charge in [0.2, 0.25) is 0 Å². The highest BCUT2D eigenvalue weighted by molar-refractivity contribution is 9.10. The third-order valence-electron chi connectivity index (χ3n) is 3.17. The zero-order valence-corrected chi connectivity index (χ0v) is 15.0. The van der Waals surface area contributed by atoms with Crippen LogP contribution in [0.15, 0.2) is 34.8 Å². The van der Waals surface area contributed by atoms with Gasteiger partial charge in [-0.25, -0.2) is 0 Å². The maximum atomic E-state index is 6.68. The van der Waals surface area contributed by atoms with Gasteiger partial charge in [-0.1, -0.05) is 29.3 Å². The summed E-state index contributed by atoms with van der Waals surface area (Å²) in [5.41, 5.74) is 2.78. The Labute approximate surface area is 143 Å². The van der Waals surface area contributed by atoms with Crippen molar-refractivity contribution in [1.29, 1.82) is 0 Å². The number of hydrogen-bond donors (Lipinski definition) is 0. The molecular formula is C16H15BrCl2O2. The zero-order valence-electron chi connectivity index (χ0n) is 11.9. The SMILES string of the molecule is COc1ccc(C)cc1C(Cl)c1cc(Cl)cc(Br)c1OC. The van der Waals surface area contributed by atoms with Crippen LogP contribution in [0.5, 0.6) is 11.5 Å². The molecule has 112 valence electrons. The van der Waals surface area contributed by atoms with Crippen molar-refractivity contribution in [1.82, 2.24) is 0 Å². The van der Waals surface area contributed by atoms with Crippen LogP contribution in [-0.4, -0.2) is 14.2 Å². The van der Waals surface area contributed by atoms with E-state index in [2.05, 4.69) is 15.9 Å². The van der Waals surface area contributed by atoms with E-state index in [0.717, 1.165) is 26.9 Å². The lowest BCUT2D eigenvalue weighted by Crippen LogP contribution is -2.01. The summed E-state index contributed by atoms with van der Waals surface area (Å²) >= 11 is 16.3. The van der Waals surface area contributed by atoms with Crippen LogP contribution in [-0.2, 0) is 0 Å². The van der Waals surface area contributed by atoms with Crippen molar-refractivity contribution in [3.05, 3.63) is 56.5 Å². The van der Waals surface area contributed by atoms with E-state index in [0.29, 0.717) is 10.8 Å². The fourth-order valence-corrected chi connectivity index (χ4v) is 3.53. The molecule has 0 radical (unpaired) electrons. The van der Waals surface area contributed by atoms with Crippen molar-refractivity contribution < 1.29 is 9.47 Å². The summed E-state index contributed by atoms with van der Waals surface area (Å²) in [6, 6.07) is 9.49. The number of rotatable bonds is 4. The summed E-state index contributed by atoms with van der Waals surface area (Å²) in [6.07, 6.45) is 0. The summed E-state index contributed by atoms with van der Waals surface area (Å²) in [7, 11) is 3.23. The van der Waals surface area contributed by atoms with E-state index in [1.807, 2.05) is 31.2 Å². The number of benzene rings is 2. The van der Waals surface area contributed by atoms with E-state index in [4.69, 9.17) is 32.7 Å². The molecule has 21 heavy (non-hydrogen) atoms. The van der Waals surface area contributed by atoms with E-state index >= 15 is 0 Å². The Balaban J connectivity index is 2.59. The lowest BCUT2D eigenvalue weighted by Gasteiger charge is -2.19.